The van der Waals surface area contributed by atoms with Crippen molar-refractivity contribution < 1.29 is 4.79 Å². The van der Waals surface area contributed by atoms with Crippen LogP contribution in [0.25, 0.3) is 0 Å². The van der Waals surface area contributed by atoms with Crippen LogP contribution in [0, 0.1) is 5.92 Å². The minimum Gasteiger partial charge on any atom is -0.326 e. The van der Waals surface area contributed by atoms with Crippen LogP contribution in [-0.4, -0.2) is 5.91 Å². The SMILES string of the molecule is CC1C=CC=C2CCC(=O)NC2=C1. The average molecular weight is 175 g/mol. The van der Waals surface area contributed by atoms with E-state index in [1.54, 1.807) is 0 Å². The zero-order valence-corrected chi connectivity index (χ0v) is 7.71. The van der Waals surface area contributed by atoms with Crippen LogP contribution in [0.5, 0.6) is 0 Å². The summed E-state index contributed by atoms with van der Waals surface area (Å²) < 4.78 is 0. The lowest BCUT2D eigenvalue weighted by molar-refractivity contribution is -0.120. The van der Waals surface area contributed by atoms with E-state index < -0.39 is 0 Å². The largest absolute Gasteiger partial charge is 0.326 e. The van der Waals surface area contributed by atoms with Crippen molar-refractivity contribution in [3.63, 3.8) is 0 Å². The van der Waals surface area contributed by atoms with E-state index in [1.165, 1.54) is 5.57 Å². The number of piperidine rings is 1. The second-order valence-corrected chi connectivity index (χ2v) is 3.56. The van der Waals surface area contributed by atoms with Gasteiger partial charge in [0.2, 0.25) is 5.91 Å². The van der Waals surface area contributed by atoms with Crippen molar-refractivity contribution in [3.8, 4) is 0 Å². The summed E-state index contributed by atoms with van der Waals surface area (Å²) in [5.74, 6) is 0.541. The van der Waals surface area contributed by atoms with Gasteiger partial charge >= 0.3 is 0 Å². The monoisotopic (exact) mass is 175 g/mol. The number of nitrogens with one attached hydrogen (secondary N) is 1. The molecule has 1 fully saturated rings. The van der Waals surface area contributed by atoms with Crippen molar-refractivity contribution >= 4 is 5.91 Å². The van der Waals surface area contributed by atoms with Crippen molar-refractivity contribution in [2.45, 2.75) is 19.8 Å². The first-order valence-corrected chi connectivity index (χ1v) is 4.65. The first-order chi connectivity index (χ1) is 6.25. The Kier molecular flexibility index (Phi) is 2.05. The molecule has 1 aliphatic carbocycles. The summed E-state index contributed by atoms with van der Waals surface area (Å²) in [6, 6.07) is 0. The van der Waals surface area contributed by atoms with Crippen LogP contribution in [0.4, 0.5) is 0 Å². The molecule has 0 saturated carbocycles. The van der Waals surface area contributed by atoms with Gasteiger partial charge in [-0.3, -0.25) is 4.79 Å². The second kappa shape index (κ2) is 3.21. The highest BCUT2D eigenvalue weighted by Crippen LogP contribution is 2.23. The predicted octanol–water partition coefficient (Wildman–Crippen LogP) is 1.91. The summed E-state index contributed by atoms with van der Waals surface area (Å²) in [4.78, 5) is 11.1. The Bertz CT molecular complexity index is 323. The van der Waals surface area contributed by atoms with Gasteiger partial charge in [-0.1, -0.05) is 31.2 Å². The Morgan fingerprint density at radius 2 is 2.31 bits per heavy atom. The number of hydrogen-bond donors (Lipinski definition) is 1. The molecule has 0 aromatic heterocycles. The number of hydrogen-bond acceptors (Lipinski definition) is 1. The number of carbonyl (C=O) groups excluding carboxylic acids is 1. The first kappa shape index (κ1) is 8.30. The van der Waals surface area contributed by atoms with Crippen molar-refractivity contribution in [2.24, 2.45) is 5.92 Å². The summed E-state index contributed by atoms with van der Waals surface area (Å²) in [6.07, 6.45) is 9.88. The van der Waals surface area contributed by atoms with Crippen molar-refractivity contribution in [2.75, 3.05) is 0 Å². The van der Waals surface area contributed by atoms with E-state index in [4.69, 9.17) is 0 Å². The molecular formula is C11H13NO. The molecule has 0 aromatic carbocycles. The minimum absolute atomic E-state index is 0.137. The van der Waals surface area contributed by atoms with E-state index in [0.717, 1.165) is 12.1 Å². The van der Waals surface area contributed by atoms with Crippen molar-refractivity contribution in [1.29, 1.82) is 0 Å². The van der Waals surface area contributed by atoms with Gasteiger partial charge in [-0.2, -0.15) is 0 Å². The molecule has 0 aromatic rings. The van der Waals surface area contributed by atoms with E-state index in [9.17, 15) is 4.79 Å². The fourth-order valence-electron chi connectivity index (χ4n) is 1.66. The third-order valence-electron chi connectivity index (χ3n) is 2.38. The average Bonchev–Trinajstić information content (AvgIpc) is 2.25. The third kappa shape index (κ3) is 1.72. The van der Waals surface area contributed by atoms with Crippen LogP contribution in [0.15, 0.2) is 35.6 Å². The van der Waals surface area contributed by atoms with Gasteiger partial charge in [-0.05, 0) is 17.9 Å². The maximum absolute atomic E-state index is 11.1. The van der Waals surface area contributed by atoms with Crippen LogP contribution in [0.2, 0.25) is 0 Å². The molecule has 1 heterocycles. The highest BCUT2D eigenvalue weighted by Gasteiger charge is 2.17. The molecule has 0 bridgehead atoms. The van der Waals surface area contributed by atoms with Gasteiger partial charge in [0.1, 0.15) is 0 Å². The van der Waals surface area contributed by atoms with E-state index in [0.29, 0.717) is 12.3 Å². The third-order valence-corrected chi connectivity index (χ3v) is 2.38. The molecule has 68 valence electrons. The fraction of sp³-hybridized carbons (Fsp3) is 0.364. The van der Waals surface area contributed by atoms with Crippen molar-refractivity contribution in [3.05, 3.63) is 35.6 Å². The Labute approximate surface area is 78.0 Å². The molecule has 13 heavy (non-hydrogen) atoms. The summed E-state index contributed by atoms with van der Waals surface area (Å²) in [7, 11) is 0. The van der Waals surface area contributed by atoms with Gasteiger partial charge in [0.25, 0.3) is 0 Å². The van der Waals surface area contributed by atoms with Crippen LogP contribution >= 0.6 is 0 Å². The molecule has 1 amide bonds. The van der Waals surface area contributed by atoms with Crippen LogP contribution in [0.1, 0.15) is 19.8 Å². The van der Waals surface area contributed by atoms with Crippen LogP contribution in [0.3, 0.4) is 0 Å². The highest BCUT2D eigenvalue weighted by atomic mass is 16.1. The highest BCUT2D eigenvalue weighted by molar-refractivity contribution is 5.81. The van der Waals surface area contributed by atoms with Gasteiger partial charge < -0.3 is 5.32 Å². The smallest absolute Gasteiger partial charge is 0.224 e. The summed E-state index contributed by atoms with van der Waals surface area (Å²) >= 11 is 0. The normalized spacial score (nSPS) is 26.8. The molecule has 1 N–H and O–H groups in total. The number of allylic oxidation sites excluding steroid dienone is 5. The first-order valence-electron chi connectivity index (χ1n) is 4.65. The van der Waals surface area contributed by atoms with Crippen LogP contribution in [-0.2, 0) is 4.79 Å². The fourth-order valence-corrected chi connectivity index (χ4v) is 1.66. The standard InChI is InChI=1S/C11H13NO/c1-8-3-2-4-9-5-6-11(13)12-10(9)7-8/h2-4,7-8H,5-6H2,1H3,(H,12,13). The van der Waals surface area contributed by atoms with E-state index in [2.05, 4.69) is 36.5 Å². The molecule has 2 aliphatic rings. The number of carbonyl (C=O) groups is 1. The lowest BCUT2D eigenvalue weighted by Gasteiger charge is -2.18. The molecule has 2 nitrogen and oxygen atoms in total. The molecular weight excluding hydrogens is 162 g/mol. The molecule has 1 unspecified atom stereocenters. The maximum Gasteiger partial charge on any atom is 0.224 e. The summed E-state index contributed by atoms with van der Waals surface area (Å²) in [6.45, 7) is 2.11. The second-order valence-electron chi connectivity index (χ2n) is 3.56. The van der Waals surface area contributed by atoms with Gasteiger partial charge in [0.05, 0.1) is 0 Å². The maximum atomic E-state index is 11.1. The lowest BCUT2D eigenvalue weighted by atomic mass is 10.0. The van der Waals surface area contributed by atoms with Gasteiger partial charge in [-0.15, -0.1) is 0 Å². The Morgan fingerprint density at radius 3 is 3.15 bits per heavy atom. The molecule has 0 radical (unpaired) electrons. The number of fused-ring (bicyclic) bond motifs is 1. The number of rotatable bonds is 0. The zero-order chi connectivity index (χ0) is 9.26. The van der Waals surface area contributed by atoms with Crippen LogP contribution < -0.4 is 5.32 Å². The molecule has 2 heteroatoms. The molecule has 1 atom stereocenters. The quantitative estimate of drug-likeness (QED) is 0.598. The zero-order valence-electron chi connectivity index (χ0n) is 7.71. The molecule has 0 spiro atoms. The molecule has 1 aliphatic heterocycles. The van der Waals surface area contributed by atoms with E-state index in [-0.39, 0.29) is 5.91 Å². The Morgan fingerprint density at radius 1 is 1.46 bits per heavy atom. The van der Waals surface area contributed by atoms with Gasteiger partial charge in [-0.25, -0.2) is 0 Å². The predicted molar refractivity (Wildman–Crippen MR) is 51.8 cm³/mol. The summed E-state index contributed by atoms with van der Waals surface area (Å²) in [5, 5.41) is 2.90. The Hall–Kier alpha value is -1.31. The lowest BCUT2D eigenvalue weighted by Crippen LogP contribution is -2.28. The van der Waals surface area contributed by atoms with E-state index >= 15 is 0 Å². The topological polar surface area (TPSA) is 29.1 Å². The summed E-state index contributed by atoms with van der Waals surface area (Å²) in [5.41, 5.74) is 2.26. The van der Waals surface area contributed by atoms with Gasteiger partial charge in [0.15, 0.2) is 0 Å². The Balaban J connectivity index is 2.31. The van der Waals surface area contributed by atoms with Gasteiger partial charge in [0, 0.05) is 12.1 Å². The molecule has 1 saturated heterocycles. The van der Waals surface area contributed by atoms with Crippen molar-refractivity contribution in [1.82, 2.24) is 5.32 Å². The van der Waals surface area contributed by atoms with E-state index in [1.807, 2.05) is 0 Å². The molecule has 2 rings (SSSR count). The minimum atomic E-state index is 0.137. The number of amides is 1.